The van der Waals surface area contributed by atoms with E-state index in [0.29, 0.717) is 11.8 Å². The molecule has 0 radical (unpaired) electrons. The Balaban J connectivity index is 1.93. The molecule has 0 aromatic rings. The largest absolute Gasteiger partial charge is 0.247 e. The Kier molecular flexibility index (Phi) is 1.50. The van der Waals surface area contributed by atoms with Gasteiger partial charge in [-0.2, -0.15) is 0 Å². The van der Waals surface area contributed by atoms with Crippen LogP contribution in [0.1, 0.15) is 25.7 Å². The first-order valence-electron chi connectivity index (χ1n) is 5.04. The van der Waals surface area contributed by atoms with Gasteiger partial charge in [0.05, 0.1) is 0 Å². The first-order chi connectivity index (χ1) is 5.75. The van der Waals surface area contributed by atoms with Gasteiger partial charge < -0.3 is 0 Å². The van der Waals surface area contributed by atoms with Gasteiger partial charge in [0.25, 0.3) is 0 Å². The van der Waals surface area contributed by atoms with Gasteiger partial charge in [-0.3, -0.25) is 0 Å². The average molecular weight is 189 g/mol. The highest BCUT2D eigenvalue weighted by molar-refractivity contribution is 6.21. The van der Waals surface area contributed by atoms with Crippen molar-refractivity contribution in [3.8, 4) is 0 Å². The lowest BCUT2D eigenvalue weighted by molar-refractivity contribution is -0.0481. The molecule has 0 amide bonds. The summed E-state index contributed by atoms with van der Waals surface area (Å²) >= 11 is 6.23. The van der Waals surface area contributed by atoms with Gasteiger partial charge in [0.1, 0.15) is 6.17 Å². The lowest BCUT2D eigenvalue weighted by Crippen LogP contribution is -2.52. The van der Waals surface area contributed by atoms with Gasteiger partial charge in [0.15, 0.2) is 0 Å². The number of halogens is 2. The monoisotopic (exact) mass is 188 g/mol. The summed E-state index contributed by atoms with van der Waals surface area (Å²) in [5, 5.41) is 0.160. The molecule has 6 atom stereocenters. The molecule has 0 N–H and O–H groups in total. The van der Waals surface area contributed by atoms with Crippen LogP contribution in [0, 0.1) is 23.7 Å². The van der Waals surface area contributed by atoms with E-state index in [9.17, 15) is 4.39 Å². The number of hydrogen-bond donors (Lipinski definition) is 0. The highest BCUT2D eigenvalue weighted by atomic mass is 35.5. The van der Waals surface area contributed by atoms with Gasteiger partial charge in [-0.1, -0.05) is 0 Å². The zero-order valence-corrected chi connectivity index (χ0v) is 7.80. The fourth-order valence-electron chi connectivity index (χ4n) is 3.77. The predicted molar refractivity (Wildman–Crippen MR) is 47.0 cm³/mol. The fourth-order valence-corrected chi connectivity index (χ4v) is 4.21. The van der Waals surface area contributed by atoms with Crippen molar-refractivity contribution < 1.29 is 4.39 Å². The maximum absolute atomic E-state index is 13.7. The molecule has 0 aromatic carbocycles. The van der Waals surface area contributed by atoms with Crippen LogP contribution in [0.25, 0.3) is 0 Å². The molecule has 0 unspecified atom stereocenters. The van der Waals surface area contributed by atoms with Crippen LogP contribution in [0.15, 0.2) is 0 Å². The zero-order valence-electron chi connectivity index (χ0n) is 7.05. The highest BCUT2D eigenvalue weighted by Gasteiger charge is 2.53. The summed E-state index contributed by atoms with van der Waals surface area (Å²) in [4.78, 5) is 0. The molecule has 4 bridgehead atoms. The van der Waals surface area contributed by atoms with Crippen LogP contribution in [-0.2, 0) is 0 Å². The van der Waals surface area contributed by atoms with Crippen LogP contribution >= 0.6 is 11.6 Å². The third kappa shape index (κ3) is 0.837. The topological polar surface area (TPSA) is 0 Å². The van der Waals surface area contributed by atoms with E-state index in [2.05, 4.69) is 0 Å². The normalized spacial score (nSPS) is 62.5. The Morgan fingerprint density at radius 3 is 2.58 bits per heavy atom. The Morgan fingerprint density at radius 1 is 1.00 bits per heavy atom. The Bertz CT molecular complexity index is 188. The lowest BCUT2D eigenvalue weighted by atomic mass is 9.55. The van der Waals surface area contributed by atoms with Crippen molar-refractivity contribution in [2.75, 3.05) is 0 Å². The summed E-state index contributed by atoms with van der Waals surface area (Å²) < 4.78 is 13.7. The molecule has 4 saturated carbocycles. The number of rotatable bonds is 0. The van der Waals surface area contributed by atoms with Crippen LogP contribution in [0.4, 0.5) is 4.39 Å². The SMILES string of the molecule is F[C@H]1[C@H]2C[C@H]3C[C@H](C2)[C@H](Cl)[C@H]1C3. The molecule has 0 aromatic heterocycles. The van der Waals surface area contributed by atoms with Gasteiger partial charge in [-0.05, 0) is 43.4 Å². The molecule has 0 spiro atoms. The first kappa shape index (κ1) is 7.61. The minimum atomic E-state index is -0.569. The molecular weight excluding hydrogens is 175 g/mol. The molecular formula is C10H14ClF. The van der Waals surface area contributed by atoms with E-state index in [1.165, 1.54) is 6.42 Å². The van der Waals surface area contributed by atoms with Crippen molar-refractivity contribution in [2.24, 2.45) is 23.7 Å². The summed E-state index contributed by atoms with van der Waals surface area (Å²) in [7, 11) is 0. The van der Waals surface area contributed by atoms with E-state index in [1.54, 1.807) is 0 Å². The predicted octanol–water partition coefficient (Wildman–Crippen LogP) is 3.00. The van der Waals surface area contributed by atoms with Crippen molar-refractivity contribution >= 4 is 11.6 Å². The molecule has 2 heteroatoms. The quantitative estimate of drug-likeness (QED) is 0.513. The summed E-state index contributed by atoms with van der Waals surface area (Å²) in [5.74, 6) is 2.06. The van der Waals surface area contributed by atoms with Gasteiger partial charge in [0.2, 0.25) is 0 Å². The molecule has 4 rings (SSSR count). The minimum Gasteiger partial charge on any atom is -0.247 e. The summed E-state index contributed by atoms with van der Waals surface area (Å²) in [6, 6.07) is 0. The first-order valence-corrected chi connectivity index (χ1v) is 5.47. The standard InChI is InChI=1S/C10H14ClF/c11-9-6-1-5-2-7(4-6)10(12)8(9)3-5/h5-10H,1-4H2/t5-,6-,7+,8-,9+,10+/m1/s1. The molecule has 0 nitrogen and oxygen atoms in total. The molecule has 0 aliphatic heterocycles. The third-order valence-corrected chi connectivity index (χ3v) is 4.88. The van der Waals surface area contributed by atoms with Crippen LogP contribution in [0.5, 0.6) is 0 Å². The Hall–Kier alpha value is 0.220. The second-order valence-corrected chi connectivity index (χ2v) is 5.39. The molecule has 4 aliphatic carbocycles. The second-order valence-electron chi connectivity index (χ2n) is 4.88. The van der Waals surface area contributed by atoms with E-state index < -0.39 is 6.17 Å². The van der Waals surface area contributed by atoms with Crippen LogP contribution in [0.3, 0.4) is 0 Å². The minimum absolute atomic E-state index is 0.160. The van der Waals surface area contributed by atoms with Crippen LogP contribution in [-0.4, -0.2) is 11.5 Å². The van der Waals surface area contributed by atoms with Gasteiger partial charge in [0, 0.05) is 11.3 Å². The smallest absolute Gasteiger partial charge is 0.107 e. The Morgan fingerprint density at radius 2 is 1.75 bits per heavy atom. The highest BCUT2D eigenvalue weighted by Crippen LogP contribution is 2.56. The second kappa shape index (κ2) is 2.37. The summed E-state index contributed by atoms with van der Waals surface area (Å²) in [6.45, 7) is 0. The van der Waals surface area contributed by atoms with Crippen molar-refractivity contribution in [2.45, 2.75) is 37.2 Å². The van der Waals surface area contributed by atoms with Crippen LogP contribution in [0.2, 0.25) is 0 Å². The van der Waals surface area contributed by atoms with Crippen LogP contribution < -0.4 is 0 Å². The molecule has 0 heterocycles. The maximum atomic E-state index is 13.7. The van der Waals surface area contributed by atoms with E-state index in [0.717, 1.165) is 25.2 Å². The molecule has 0 saturated heterocycles. The van der Waals surface area contributed by atoms with Gasteiger partial charge in [-0.25, -0.2) is 4.39 Å². The van der Waals surface area contributed by atoms with E-state index >= 15 is 0 Å². The van der Waals surface area contributed by atoms with Crippen molar-refractivity contribution in [3.05, 3.63) is 0 Å². The molecule has 4 aliphatic rings. The van der Waals surface area contributed by atoms with E-state index in [4.69, 9.17) is 11.6 Å². The molecule has 12 heavy (non-hydrogen) atoms. The van der Waals surface area contributed by atoms with E-state index in [-0.39, 0.29) is 11.3 Å². The number of hydrogen-bond acceptors (Lipinski definition) is 0. The summed E-state index contributed by atoms with van der Waals surface area (Å²) in [5.41, 5.74) is 0. The van der Waals surface area contributed by atoms with E-state index in [1.807, 2.05) is 0 Å². The lowest BCUT2D eigenvalue weighted by Gasteiger charge is -2.54. The van der Waals surface area contributed by atoms with Crippen molar-refractivity contribution in [3.63, 3.8) is 0 Å². The average Bonchev–Trinajstić information content (AvgIpc) is 2.07. The number of alkyl halides is 2. The van der Waals surface area contributed by atoms with Crippen molar-refractivity contribution in [1.29, 1.82) is 0 Å². The summed E-state index contributed by atoms with van der Waals surface area (Å²) in [6.07, 6.45) is 4.01. The molecule has 68 valence electrons. The van der Waals surface area contributed by atoms with Gasteiger partial charge in [-0.15, -0.1) is 11.6 Å². The molecule has 4 fully saturated rings. The fraction of sp³-hybridized carbons (Fsp3) is 1.00. The Labute approximate surface area is 77.5 Å². The maximum Gasteiger partial charge on any atom is 0.107 e. The van der Waals surface area contributed by atoms with Crippen molar-refractivity contribution in [1.82, 2.24) is 0 Å². The third-order valence-electron chi connectivity index (χ3n) is 4.20. The zero-order chi connectivity index (χ0) is 8.29. The van der Waals surface area contributed by atoms with Gasteiger partial charge >= 0.3 is 0 Å².